The molecule has 2 amide bonds. The summed E-state index contributed by atoms with van der Waals surface area (Å²) in [7, 11) is 0. The summed E-state index contributed by atoms with van der Waals surface area (Å²) in [5.74, 6) is 2.27. The van der Waals surface area contributed by atoms with E-state index in [9.17, 15) is 9.59 Å². The van der Waals surface area contributed by atoms with Crippen molar-refractivity contribution in [3.63, 3.8) is 0 Å². The molecule has 148 valence electrons. The first-order valence-electron chi connectivity index (χ1n) is 9.89. The van der Waals surface area contributed by atoms with Crippen molar-refractivity contribution in [3.05, 3.63) is 28.2 Å². The number of hydrogen-bond acceptors (Lipinski definition) is 6. The van der Waals surface area contributed by atoms with Crippen LogP contribution in [0.2, 0.25) is 0 Å². The highest BCUT2D eigenvalue weighted by molar-refractivity contribution is 7.99. The number of aromatic nitrogens is 3. The summed E-state index contributed by atoms with van der Waals surface area (Å²) in [4.78, 5) is 29.6. The molecule has 0 N–H and O–H groups in total. The van der Waals surface area contributed by atoms with Gasteiger partial charge in [0, 0.05) is 38.1 Å². The lowest BCUT2D eigenvalue weighted by molar-refractivity contribution is -0.129. The van der Waals surface area contributed by atoms with Gasteiger partial charge in [-0.2, -0.15) is 0 Å². The summed E-state index contributed by atoms with van der Waals surface area (Å²) < 4.78 is 2.28. The van der Waals surface area contributed by atoms with Crippen LogP contribution in [-0.2, 0) is 4.79 Å². The van der Waals surface area contributed by atoms with Gasteiger partial charge in [0.05, 0.1) is 10.6 Å². The quantitative estimate of drug-likeness (QED) is 0.676. The number of carbonyl (C=O) groups excluding carboxylic acids is 2. The minimum atomic E-state index is 0.0709. The van der Waals surface area contributed by atoms with Crippen LogP contribution in [0.1, 0.15) is 53.1 Å². The zero-order valence-corrected chi connectivity index (χ0v) is 17.3. The van der Waals surface area contributed by atoms with Crippen molar-refractivity contribution in [2.24, 2.45) is 0 Å². The average molecular weight is 418 g/mol. The Labute approximate surface area is 172 Å². The fourth-order valence-corrected chi connectivity index (χ4v) is 5.22. The van der Waals surface area contributed by atoms with Gasteiger partial charge in [-0.25, -0.2) is 0 Å². The Morgan fingerprint density at radius 2 is 1.82 bits per heavy atom. The van der Waals surface area contributed by atoms with Crippen molar-refractivity contribution < 1.29 is 9.59 Å². The number of carbonyl (C=O) groups is 2. The zero-order chi connectivity index (χ0) is 19.1. The minimum Gasteiger partial charge on any atom is -0.338 e. The zero-order valence-electron chi connectivity index (χ0n) is 15.6. The van der Waals surface area contributed by atoms with Gasteiger partial charge in [-0.3, -0.25) is 9.59 Å². The van der Waals surface area contributed by atoms with E-state index in [1.807, 2.05) is 27.3 Å². The van der Waals surface area contributed by atoms with Gasteiger partial charge in [0.15, 0.2) is 5.16 Å². The highest BCUT2D eigenvalue weighted by atomic mass is 32.2. The topological polar surface area (TPSA) is 71.3 Å². The predicted molar refractivity (Wildman–Crippen MR) is 108 cm³/mol. The largest absolute Gasteiger partial charge is 0.338 e. The number of thiophene rings is 1. The van der Waals surface area contributed by atoms with E-state index in [0.29, 0.717) is 43.9 Å². The highest BCUT2D eigenvalue weighted by Gasteiger charge is 2.36. The Morgan fingerprint density at radius 1 is 1.07 bits per heavy atom. The maximum absolute atomic E-state index is 12.7. The number of thioether (sulfide) groups is 1. The third-order valence-electron chi connectivity index (χ3n) is 5.52. The van der Waals surface area contributed by atoms with Crippen LogP contribution < -0.4 is 0 Å². The van der Waals surface area contributed by atoms with E-state index in [4.69, 9.17) is 0 Å². The molecule has 0 unspecified atom stereocenters. The highest BCUT2D eigenvalue weighted by Crippen LogP contribution is 2.46. The third kappa shape index (κ3) is 3.69. The van der Waals surface area contributed by atoms with E-state index in [1.165, 1.54) is 48.8 Å². The molecule has 3 fully saturated rings. The van der Waals surface area contributed by atoms with Gasteiger partial charge in [-0.05, 0) is 37.1 Å². The second-order valence-corrected chi connectivity index (χ2v) is 9.55. The maximum Gasteiger partial charge on any atom is 0.264 e. The monoisotopic (exact) mass is 417 g/mol. The molecule has 3 heterocycles. The first-order chi connectivity index (χ1) is 13.7. The van der Waals surface area contributed by atoms with Crippen molar-refractivity contribution in [2.75, 3.05) is 31.9 Å². The van der Waals surface area contributed by atoms with Crippen LogP contribution in [0, 0.1) is 0 Å². The summed E-state index contributed by atoms with van der Waals surface area (Å²) in [6.07, 6.45) is 4.81. The Balaban J connectivity index is 1.15. The normalized spacial score (nSPS) is 19.9. The molecule has 2 aromatic heterocycles. The maximum atomic E-state index is 12.7. The van der Waals surface area contributed by atoms with Gasteiger partial charge >= 0.3 is 0 Å². The van der Waals surface area contributed by atoms with Crippen LogP contribution in [0.5, 0.6) is 0 Å². The van der Waals surface area contributed by atoms with Crippen molar-refractivity contribution in [2.45, 2.75) is 42.8 Å². The van der Waals surface area contributed by atoms with Crippen LogP contribution >= 0.6 is 23.1 Å². The van der Waals surface area contributed by atoms with Gasteiger partial charge in [0.2, 0.25) is 5.91 Å². The molecule has 0 spiro atoms. The summed E-state index contributed by atoms with van der Waals surface area (Å²) >= 11 is 2.97. The molecule has 3 aliphatic rings. The van der Waals surface area contributed by atoms with E-state index < -0.39 is 0 Å². The van der Waals surface area contributed by atoms with Gasteiger partial charge < -0.3 is 14.4 Å². The van der Waals surface area contributed by atoms with E-state index in [1.54, 1.807) is 0 Å². The SMILES string of the molecule is O=C(CSc1nnc(C2CC2)n1C1CC1)N1CCN(C(=O)c2cccs2)CC1. The third-order valence-corrected chi connectivity index (χ3v) is 7.31. The number of hydrogen-bond donors (Lipinski definition) is 0. The summed E-state index contributed by atoms with van der Waals surface area (Å²) in [5, 5.41) is 11.6. The predicted octanol–water partition coefficient (Wildman–Crippen LogP) is 2.63. The Morgan fingerprint density at radius 3 is 2.46 bits per heavy atom. The van der Waals surface area contributed by atoms with E-state index in [2.05, 4.69) is 14.8 Å². The fourth-order valence-electron chi connectivity index (χ4n) is 3.62. The lowest BCUT2D eigenvalue weighted by Gasteiger charge is -2.34. The molecule has 7 nitrogen and oxygen atoms in total. The lowest BCUT2D eigenvalue weighted by atomic mass is 10.3. The van der Waals surface area contributed by atoms with Gasteiger partial charge in [0.25, 0.3) is 5.91 Å². The molecule has 1 aliphatic heterocycles. The number of rotatable bonds is 6. The molecule has 2 aliphatic carbocycles. The summed E-state index contributed by atoms with van der Waals surface area (Å²) in [6, 6.07) is 4.28. The van der Waals surface area contributed by atoms with Crippen LogP contribution in [0.4, 0.5) is 0 Å². The number of nitrogens with zero attached hydrogens (tertiary/aromatic N) is 5. The van der Waals surface area contributed by atoms with Crippen LogP contribution in [0.15, 0.2) is 22.7 Å². The molecule has 2 saturated carbocycles. The number of piperazine rings is 1. The summed E-state index contributed by atoms with van der Waals surface area (Å²) in [5.41, 5.74) is 0. The fraction of sp³-hybridized carbons (Fsp3) is 0.579. The Hall–Kier alpha value is -1.87. The van der Waals surface area contributed by atoms with E-state index >= 15 is 0 Å². The molecule has 0 atom stereocenters. The van der Waals surface area contributed by atoms with Gasteiger partial charge in [-0.15, -0.1) is 21.5 Å². The van der Waals surface area contributed by atoms with Crippen molar-refractivity contribution in [3.8, 4) is 0 Å². The molecule has 0 radical (unpaired) electrons. The second kappa shape index (κ2) is 7.51. The van der Waals surface area contributed by atoms with Crippen LogP contribution in [-0.4, -0.2) is 68.3 Å². The van der Waals surface area contributed by atoms with Crippen molar-refractivity contribution in [1.82, 2.24) is 24.6 Å². The van der Waals surface area contributed by atoms with Crippen molar-refractivity contribution >= 4 is 34.9 Å². The Bertz CT molecular complexity index is 865. The standard InChI is InChI=1S/C19H23N5O2S2/c25-16(22-7-9-23(10-8-22)18(26)15-2-1-11-27-15)12-28-19-21-20-17(13-3-4-13)24(19)14-5-6-14/h1-2,11,13-14H,3-10,12H2. The van der Waals surface area contributed by atoms with Crippen LogP contribution in [0.25, 0.3) is 0 Å². The molecule has 9 heteroatoms. The van der Waals surface area contributed by atoms with E-state index in [-0.39, 0.29) is 11.8 Å². The van der Waals surface area contributed by atoms with Gasteiger partial charge in [-0.1, -0.05) is 17.8 Å². The second-order valence-electron chi connectivity index (χ2n) is 7.66. The first-order valence-corrected chi connectivity index (χ1v) is 11.8. The lowest BCUT2D eigenvalue weighted by Crippen LogP contribution is -2.51. The van der Waals surface area contributed by atoms with Crippen LogP contribution in [0.3, 0.4) is 0 Å². The van der Waals surface area contributed by atoms with E-state index in [0.717, 1.165) is 15.9 Å². The first kappa shape index (κ1) is 18.2. The molecule has 5 rings (SSSR count). The number of amides is 2. The Kier molecular flexibility index (Phi) is 4.88. The van der Waals surface area contributed by atoms with Gasteiger partial charge in [0.1, 0.15) is 5.82 Å². The molecular weight excluding hydrogens is 394 g/mol. The van der Waals surface area contributed by atoms with Crippen molar-refractivity contribution in [1.29, 1.82) is 0 Å². The minimum absolute atomic E-state index is 0.0709. The summed E-state index contributed by atoms with van der Waals surface area (Å²) in [6.45, 7) is 2.38. The average Bonchev–Trinajstić information content (AvgIpc) is 3.66. The molecule has 0 aromatic carbocycles. The molecule has 1 saturated heterocycles. The molecule has 28 heavy (non-hydrogen) atoms. The molecular formula is C19H23N5O2S2. The molecule has 0 bridgehead atoms. The smallest absolute Gasteiger partial charge is 0.264 e. The molecule has 2 aromatic rings.